The quantitative estimate of drug-likeness (QED) is 0.599. The van der Waals surface area contributed by atoms with E-state index in [0.29, 0.717) is 12.5 Å². The van der Waals surface area contributed by atoms with E-state index in [1.54, 1.807) is 32.7 Å². The second kappa shape index (κ2) is 6.00. The molecule has 0 aliphatic heterocycles. The zero-order chi connectivity index (χ0) is 15.5. The highest BCUT2D eigenvalue weighted by atomic mass is 16.6. The number of aliphatic hydroxyl groups is 1. The van der Waals surface area contributed by atoms with Gasteiger partial charge in [0.2, 0.25) is 11.8 Å². The molecule has 8 nitrogen and oxygen atoms in total. The number of nitro groups is 1. The van der Waals surface area contributed by atoms with E-state index in [9.17, 15) is 15.2 Å². The Morgan fingerprint density at radius 2 is 2.05 bits per heavy atom. The van der Waals surface area contributed by atoms with Crippen LogP contribution in [0.5, 0.6) is 0 Å². The number of anilines is 2. The van der Waals surface area contributed by atoms with Crippen molar-refractivity contribution in [2.45, 2.75) is 33.2 Å². The van der Waals surface area contributed by atoms with Crippen LogP contribution in [0.25, 0.3) is 0 Å². The van der Waals surface area contributed by atoms with Crippen molar-refractivity contribution < 1.29 is 10.0 Å². The van der Waals surface area contributed by atoms with Crippen LogP contribution >= 0.6 is 0 Å². The number of aliphatic hydroxyl groups excluding tert-OH is 1. The molecular weight excluding hydrogens is 262 g/mol. The second-order valence-electron chi connectivity index (χ2n) is 5.12. The van der Waals surface area contributed by atoms with E-state index < -0.39 is 10.5 Å². The van der Waals surface area contributed by atoms with Crippen molar-refractivity contribution in [2.75, 3.05) is 30.4 Å². The highest BCUT2D eigenvalue weighted by Gasteiger charge is 2.32. The van der Waals surface area contributed by atoms with Crippen molar-refractivity contribution in [1.29, 1.82) is 0 Å². The molecule has 0 aliphatic carbocycles. The average molecular weight is 283 g/mol. The molecule has 0 bridgehead atoms. The Bertz CT molecular complexity index is 504. The summed E-state index contributed by atoms with van der Waals surface area (Å²) < 4.78 is 0. The molecule has 1 aromatic rings. The predicted molar refractivity (Wildman–Crippen MR) is 77.2 cm³/mol. The van der Waals surface area contributed by atoms with E-state index in [2.05, 4.69) is 15.3 Å². The van der Waals surface area contributed by atoms with Gasteiger partial charge in [-0.2, -0.15) is 4.98 Å². The molecule has 1 heterocycles. The summed E-state index contributed by atoms with van der Waals surface area (Å²) in [5.41, 5.74) is -0.526. The molecule has 0 aromatic carbocycles. The van der Waals surface area contributed by atoms with Crippen LogP contribution < -0.4 is 10.2 Å². The Morgan fingerprint density at radius 1 is 1.45 bits per heavy atom. The first-order chi connectivity index (χ1) is 9.24. The third-order valence-electron chi connectivity index (χ3n) is 3.17. The number of rotatable bonds is 6. The smallest absolute Gasteiger partial charge is 0.332 e. The molecule has 0 radical (unpaired) electrons. The van der Waals surface area contributed by atoms with Crippen LogP contribution in [0.15, 0.2) is 0 Å². The first kappa shape index (κ1) is 16.1. The van der Waals surface area contributed by atoms with Gasteiger partial charge >= 0.3 is 5.69 Å². The maximum absolute atomic E-state index is 11.2. The van der Waals surface area contributed by atoms with Crippen molar-refractivity contribution in [2.24, 2.45) is 0 Å². The lowest BCUT2D eigenvalue weighted by Crippen LogP contribution is -2.45. The molecule has 0 fully saturated rings. The fourth-order valence-corrected chi connectivity index (χ4v) is 1.63. The van der Waals surface area contributed by atoms with Crippen molar-refractivity contribution in [3.63, 3.8) is 0 Å². The summed E-state index contributed by atoms with van der Waals surface area (Å²) in [5, 5.41) is 23.6. The number of nitrogens with one attached hydrogen (secondary N) is 1. The fraction of sp³-hybridized carbons (Fsp3) is 0.667. The Labute approximate surface area is 118 Å². The van der Waals surface area contributed by atoms with Gasteiger partial charge in [-0.3, -0.25) is 10.1 Å². The first-order valence-electron chi connectivity index (χ1n) is 6.36. The highest BCUT2D eigenvalue weighted by molar-refractivity contribution is 5.63. The summed E-state index contributed by atoms with van der Waals surface area (Å²) >= 11 is 0. The van der Waals surface area contributed by atoms with Gasteiger partial charge in [-0.15, -0.1) is 0 Å². The zero-order valence-corrected chi connectivity index (χ0v) is 12.5. The molecular formula is C12H21N5O3. The molecule has 0 aliphatic rings. The molecule has 1 aromatic heterocycles. The number of nitrogens with zero attached hydrogens (tertiary/aromatic N) is 4. The van der Waals surface area contributed by atoms with E-state index >= 15 is 0 Å². The van der Waals surface area contributed by atoms with Gasteiger partial charge in [0.05, 0.1) is 17.1 Å². The largest absolute Gasteiger partial charge is 0.394 e. The van der Waals surface area contributed by atoms with Gasteiger partial charge < -0.3 is 15.3 Å². The monoisotopic (exact) mass is 283 g/mol. The van der Waals surface area contributed by atoms with E-state index in [1.165, 1.54) is 0 Å². The van der Waals surface area contributed by atoms with Crippen molar-refractivity contribution in [3.8, 4) is 0 Å². The molecule has 112 valence electrons. The maximum atomic E-state index is 11.2. The summed E-state index contributed by atoms with van der Waals surface area (Å²) in [5.74, 6) is 0.531. The number of hydrogen-bond donors (Lipinski definition) is 2. The predicted octanol–water partition coefficient (Wildman–Crippen LogP) is 1.33. The molecule has 0 unspecified atom stereocenters. The van der Waals surface area contributed by atoms with Gasteiger partial charge in [0.15, 0.2) is 0 Å². The molecule has 20 heavy (non-hydrogen) atoms. The first-order valence-corrected chi connectivity index (χ1v) is 6.36. The summed E-state index contributed by atoms with van der Waals surface area (Å²) in [6.45, 7) is 7.48. The minimum absolute atomic E-state index is 0.143. The van der Waals surface area contributed by atoms with Gasteiger partial charge in [-0.05, 0) is 27.7 Å². The van der Waals surface area contributed by atoms with Crippen LogP contribution in [0, 0.1) is 17.0 Å². The number of aromatic nitrogens is 2. The standard InChI is InChI=1S/C12H21N5O3/c1-6-13-11-14-8(2)9(17(19)20)10(15-11)16(5)12(3,4)7-18/h18H,6-7H2,1-5H3,(H,13,14,15). The van der Waals surface area contributed by atoms with Gasteiger partial charge in [0, 0.05) is 13.6 Å². The molecule has 8 heteroatoms. The van der Waals surface area contributed by atoms with E-state index in [0.717, 1.165) is 0 Å². The molecule has 0 saturated carbocycles. The molecule has 0 saturated heterocycles. The number of aryl methyl sites for hydroxylation is 1. The number of likely N-dealkylation sites (N-methyl/N-ethyl adjacent to an activating group) is 1. The van der Waals surface area contributed by atoms with Crippen LogP contribution in [-0.4, -0.2) is 45.7 Å². The van der Waals surface area contributed by atoms with E-state index in [1.807, 2.05) is 6.92 Å². The van der Waals surface area contributed by atoms with Crippen molar-refractivity contribution >= 4 is 17.5 Å². The normalized spacial score (nSPS) is 11.3. The molecule has 0 amide bonds. The van der Waals surface area contributed by atoms with Gasteiger partial charge in [-0.1, -0.05) is 0 Å². The number of hydrogen-bond acceptors (Lipinski definition) is 7. The lowest BCUT2D eigenvalue weighted by atomic mass is 10.1. The highest BCUT2D eigenvalue weighted by Crippen LogP contribution is 2.32. The summed E-state index contributed by atoms with van der Waals surface area (Å²) in [7, 11) is 1.67. The van der Waals surface area contributed by atoms with Gasteiger partial charge in [-0.25, -0.2) is 4.98 Å². The molecule has 0 spiro atoms. The Kier molecular flexibility index (Phi) is 4.83. The second-order valence-corrected chi connectivity index (χ2v) is 5.12. The summed E-state index contributed by atoms with van der Waals surface area (Å²) in [4.78, 5) is 20.6. The van der Waals surface area contributed by atoms with Crippen molar-refractivity contribution in [1.82, 2.24) is 9.97 Å². The fourth-order valence-electron chi connectivity index (χ4n) is 1.63. The summed E-state index contributed by atoms with van der Waals surface area (Å²) in [6.07, 6.45) is 0. The average Bonchev–Trinajstić information content (AvgIpc) is 2.36. The Morgan fingerprint density at radius 3 is 2.50 bits per heavy atom. The van der Waals surface area contributed by atoms with Crippen LogP contribution in [0.2, 0.25) is 0 Å². The third kappa shape index (κ3) is 3.13. The third-order valence-corrected chi connectivity index (χ3v) is 3.17. The SMILES string of the molecule is CCNc1nc(C)c([N+](=O)[O-])c(N(C)C(C)(C)CO)n1. The lowest BCUT2D eigenvalue weighted by molar-refractivity contribution is -0.385. The minimum atomic E-state index is -0.672. The molecule has 1 rings (SSSR count). The Balaban J connectivity index is 3.44. The van der Waals surface area contributed by atoms with E-state index in [4.69, 9.17) is 0 Å². The van der Waals surface area contributed by atoms with Crippen LogP contribution in [0.1, 0.15) is 26.5 Å². The van der Waals surface area contributed by atoms with Crippen LogP contribution in [0.3, 0.4) is 0 Å². The van der Waals surface area contributed by atoms with Crippen molar-refractivity contribution in [3.05, 3.63) is 15.8 Å². The van der Waals surface area contributed by atoms with Crippen LogP contribution in [-0.2, 0) is 0 Å². The topological polar surface area (TPSA) is 104 Å². The van der Waals surface area contributed by atoms with Gasteiger partial charge in [0.1, 0.15) is 5.69 Å². The minimum Gasteiger partial charge on any atom is -0.394 e. The Hall–Kier alpha value is -1.96. The molecule has 0 atom stereocenters. The summed E-state index contributed by atoms with van der Waals surface area (Å²) in [6, 6.07) is 0. The maximum Gasteiger partial charge on any atom is 0.332 e. The lowest BCUT2D eigenvalue weighted by Gasteiger charge is -2.34. The van der Waals surface area contributed by atoms with Gasteiger partial charge in [0.25, 0.3) is 0 Å². The zero-order valence-electron chi connectivity index (χ0n) is 12.5. The van der Waals surface area contributed by atoms with E-state index in [-0.39, 0.29) is 23.8 Å². The van der Waals surface area contributed by atoms with Crippen LogP contribution in [0.4, 0.5) is 17.5 Å². The molecule has 2 N–H and O–H groups in total.